The number of halogens is 3. The van der Waals surface area contributed by atoms with Crippen molar-refractivity contribution in [1.82, 2.24) is 20.1 Å². The van der Waals surface area contributed by atoms with Gasteiger partial charge in [0.2, 0.25) is 0 Å². The normalized spacial score (nSPS) is 30.6. The number of alkyl halides is 3. The van der Waals surface area contributed by atoms with Crippen LogP contribution in [0, 0.1) is 24.7 Å². The molecule has 0 aromatic carbocycles. The lowest BCUT2D eigenvalue weighted by atomic mass is 9.53. The Morgan fingerprint density at radius 1 is 1.10 bits per heavy atom. The molecule has 4 aliphatic rings. The summed E-state index contributed by atoms with van der Waals surface area (Å²) < 4.78 is 39.7. The second-order valence-electron chi connectivity index (χ2n) is 9.11. The number of carbonyl (C=O) groups is 1. The third-order valence-corrected chi connectivity index (χ3v) is 6.96. The molecule has 0 atom stereocenters. The van der Waals surface area contributed by atoms with E-state index in [4.69, 9.17) is 0 Å². The van der Waals surface area contributed by atoms with Crippen LogP contribution in [0.2, 0.25) is 0 Å². The number of rotatable bonds is 3. The van der Waals surface area contributed by atoms with Crippen molar-refractivity contribution in [3.05, 3.63) is 41.3 Å². The van der Waals surface area contributed by atoms with Gasteiger partial charge in [-0.25, -0.2) is 9.67 Å². The van der Waals surface area contributed by atoms with Crippen LogP contribution in [0.25, 0.3) is 5.82 Å². The summed E-state index contributed by atoms with van der Waals surface area (Å²) in [6.45, 7) is 1.74. The number of pyridine rings is 1. The Morgan fingerprint density at radius 2 is 1.72 bits per heavy atom. The first-order chi connectivity index (χ1) is 13.7. The highest BCUT2D eigenvalue weighted by molar-refractivity contribution is 5.95. The molecular formula is C21H23F3N4O. The molecule has 1 N–H and O–H groups in total. The number of aromatic nitrogens is 3. The number of hydrogen-bond acceptors (Lipinski definition) is 3. The average molecular weight is 404 g/mol. The van der Waals surface area contributed by atoms with Crippen LogP contribution in [0.5, 0.6) is 0 Å². The lowest BCUT2D eigenvalue weighted by molar-refractivity contribution is -0.137. The van der Waals surface area contributed by atoms with Crippen LogP contribution >= 0.6 is 0 Å². The topological polar surface area (TPSA) is 59.8 Å². The molecule has 0 aliphatic heterocycles. The molecule has 6 rings (SSSR count). The monoisotopic (exact) mass is 404 g/mol. The molecule has 0 saturated heterocycles. The molecule has 4 fully saturated rings. The Kier molecular flexibility index (Phi) is 4.05. The van der Waals surface area contributed by atoms with Gasteiger partial charge >= 0.3 is 6.18 Å². The van der Waals surface area contributed by atoms with Crippen molar-refractivity contribution >= 4 is 5.91 Å². The summed E-state index contributed by atoms with van der Waals surface area (Å²) in [5.41, 5.74) is 0.0975. The van der Waals surface area contributed by atoms with Gasteiger partial charge < -0.3 is 5.32 Å². The standard InChI is InChI=1S/C21H23F3N4O/c1-12-17(11-26-28(12)18-3-2-16(10-25-18)21(22,23)24)19(29)27-20-7-13-4-14(8-20)6-15(5-13)9-20/h2-3,10-11,13-15H,4-9H2,1H3,(H,27,29). The fraction of sp³-hybridized carbons (Fsp3) is 0.571. The predicted molar refractivity (Wildman–Crippen MR) is 99.5 cm³/mol. The van der Waals surface area contributed by atoms with Crippen molar-refractivity contribution in [3.63, 3.8) is 0 Å². The number of hydrogen-bond donors (Lipinski definition) is 1. The zero-order valence-corrected chi connectivity index (χ0v) is 16.2. The van der Waals surface area contributed by atoms with Crippen LogP contribution in [0.1, 0.15) is 60.1 Å². The van der Waals surface area contributed by atoms with Gasteiger partial charge in [0.15, 0.2) is 5.82 Å². The maximum Gasteiger partial charge on any atom is 0.417 e. The minimum atomic E-state index is -4.44. The summed E-state index contributed by atoms with van der Waals surface area (Å²) in [5.74, 6) is 2.28. The van der Waals surface area contributed by atoms with E-state index in [0.717, 1.165) is 49.3 Å². The third-order valence-electron chi connectivity index (χ3n) is 6.96. The number of nitrogens with zero attached hydrogens (tertiary/aromatic N) is 3. The summed E-state index contributed by atoms with van der Waals surface area (Å²) in [5, 5.41) is 7.52. The molecule has 2 aromatic heterocycles. The maximum atomic E-state index is 13.0. The minimum Gasteiger partial charge on any atom is -0.346 e. The quantitative estimate of drug-likeness (QED) is 0.830. The van der Waals surface area contributed by atoms with Gasteiger partial charge in [0.25, 0.3) is 5.91 Å². The SMILES string of the molecule is Cc1c(C(=O)NC23CC4CC(CC(C4)C2)C3)cnn1-c1ccc(C(F)(F)F)cn1. The highest BCUT2D eigenvalue weighted by Gasteiger charge is 2.51. The second-order valence-corrected chi connectivity index (χ2v) is 9.11. The number of amides is 1. The molecule has 0 unspecified atom stereocenters. The molecule has 0 spiro atoms. The smallest absolute Gasteiger partial charge is 0.346 e. The first kappa shape index (κ1) is 18.6. The van der Waals surface area contributed by atoms with E-state index in [1.54, 1.807) is 6.92 Å². The molecular weight excluding hydrogens is 381 g/mol. The van der Waals surface area contributed by atoms with Crippen molar-refractivity contribution in [3.8, 4) is 5.82 Å². The lowest BCUT2D eigenvalue weighted by Gasteiger charge is -2.56. The first-order valence-corrected chi connectivity index (χ1v) is 10.1. The third kappa shape index (κ3) is 3.22. The van der Waals surface area contributed by atoms with E-state index < -0.39 is 11.7 Å². The zero-order chi connectivity index (χ0) is 20.4. The molecule has 1 amide bonds. The summed E-state index contributed by atoms with van der Waals surface area (Å²) in [7, 11) is 0. The van der Waals surface area contributed by atoms with Crippen LogP contribution in [-0.2, 0) is 6.18 Å². The molecule has 5 nitrogen and oxygen atoms in total. The Hall–Kier alpha value is -2.38. The Labute approximate surface area is 166 Å². The maximum absolute atomic E-state index is 13.0. The lowest BCUT2D eigenvalue weighted by Crippen LogP contribution is -2.59. The molecule has 4 saturated carbocycles. The van der Waals surface area contributed by atoms with Gasteiger partial charge in [0.05, 0.1) is 23.0 Å². The molecule has 8 heteroatoms. The minimum absolute atomic E-state index is 0.104. The highest BCUT2D eigenvalue weighted by Crippen LogP contribution is 2.55. The Morgan fingerprint density at radius 3 is 2.24 bits per heavy atom. The molecule has 4 bridgehead atoms. The van der Waals surface area contributed by atoms with Gasteiger partial charge in [-0.15, -0.1) is 0 Å². The molecule has 4 aliphatic carbocycles. The van der Waals surface area contributed by atoms with Crippen LogP contribution in [-0.4, -0.2) is 26.2 Å². The molecule has 2 aromatic rings. The van der Waals surface area contributed by atoms with Crippen LogP contribution in [0.3, 0.4) is 0 Å². The van der Waals surface area contributed by atoms with Gasteiger partial charge in [-0.1, -0.05) is 0 Å². The molecule has 2 heterocycles. The van der Waals surface area contributed by atoms with Crippen molar-refractivity contribution in [2.75, 3.05) is 0 Å². The van der Waals surface area contributed by atoms with E-state index >= 15 is 0 Å². The Bertz CT molecular complexity index is 913. The largest absolute Gasteiger partial charge is 0.417 e. The molecule has 29 heavy (non-hydrogen) atoms. The fourth-order valence-electron chi connectivity index (χ4n) is 6.11. The van der Waals surface area contributed by atoms with Crippen molar-refractivity contribution in [1.29, 1.82) is 0 Å². The van der Waals surface area contributed by atoms with E-state index in [1.165, 1.54) is 36.2 Å². The summed E-state index contributed by atoms with van der Waals surface area (Å²) in [6, 6.07) is 2.24. The molecule has 0 radical (unpaired) electrons. The van der Waals surface area contributed by atoms with E-state index in [1.807, 2.05) is 0 Å². The zero-order valence-electron chi connectivity index (χ0n) is 16.2. The van der Waals surface area contributed by atoms with Crippen LogP contribution in [0.4, 0.5) is 13.2 Å². The average Bonchev–Trinajstić information content (AvgIpc) is 3.01. The predicted octanol–water partition coefficient (Wildman–Crippen LogP) is 4.29. The fourth-order valence-corrected chi connectivity index (χ4v) is 6.11. The van der Waals surface area contributed by atoms with Crippen LogP contribution < -0.4 is 5.32 Å². The van der Waals surface area contributed by atoms with E-state index in [-0.39, 0.29) is 17.3 Å². The van der Waals surface area contributed by atoms with E-state index in [9.17, 15) is 18.0 Å². The second kappa shape index (κ2) is 6.31. The summed E-state index contributed by atoms with van der Waals surface area (Å²) >= 11 is 0. The van der Waals surface area contributed by atoms with E-state index in [2.05, 4.69) is 15.4 Å². The van der Waals surface area contributed by atoms with Crippen molar-refractivity contribution in [2.45, 2.75) is 57.2 Å². The summed E-state index contributed by atoms with van der Waals surface area (Å²) in [4.78, 5) is 16.9. The number of carbonyl (C=O) groups excluding carboxylic acids is 1. The van der Waals surface area contributed by atoms with Gasteiger partial charge in [-0.05, 0) is 75.3 Å². The van der Waals surface area contributed by atoms with Gasteiger partial charge in [0.1, 0.15) is 0 Å². The van der Waals surface area contributed by atoms with Crippen molar-refractivity contribution in [2.24, 2.45) is 17.8 Å². The van der Waals surface area contributed by atoms with Crippen LogP contribution in [0.15, 0.2) is 24.5 Å². The van der Waals surface area contributed by atoms with E-state index in [0.29, 0.717) is 11.3 Å². The van der Waals surface area contributed by atoms with Gasteiger partial charge in [-0.3, -0.25) is 4.79 Å². The first-order valence-electron chi connectivity index (χ1n) is 10.1. The highest BCUT2D eigenvalue weighted by atomic mass is 19.4. The Balaban J connectivity index is 1.36. The van der Waals surface area contributed by atoms with Gasteiger partial charge in [0, 0.05) is 11.7 Å². The molecule has 154 valence electrons. The van der Waals surface area contributed by atoms with Crippen molar-refractivity contribution < 1.29 is 18.0 Å². The van der Waals surface area contributed by atoms with Gasteiger partial charge in [-0.2, -0.15) is 18.3 Å². The summed E-state index contributed by atoms with van der Waals surface area (Å²) in [6.07, 6.45) is 4.88. The number of nitrogens with one attached hydrogen (secondary N) is 1.